The van der Waals surface area contributed by atoms with E-state index in [-0.39, 0.29) is 0 Å². The molecule has 14 heavy (non-hydrogen) atoms. The van der Waals surface area contributed by atoms with Crippen LogP contribution in [0.3, 0.4) is 0 Å². The van der Waals surface area contributed by atoms with Crippen LogP contribution in [0.4, 0.5) is 0 Å². The number of methoxy groups -OCH3 is 1. The second-order valence-electron chi connectivity index (χ2n) is 2.94. The zero-order valence-corrected chi connectivity index (χ0v) is 7.74. The van der Waals surface area contributed by atoms with Gasteiger partial charge in [-0.15, -0.1) is 0 Å². The van der Waals surface area contributed by atoms with Gasteiger partial charge in [0, 0.05) is 17.1 Å². The van der Waals surface area contributed by atoms with Gasteiger partial charge in [0.2, 0.25) is 5.88 Å². The van der Waals surface area contributed by atoms with E-state index >= 15 is 0 Å². The molecule has 2 rings (SSSR count). The summed E-state index contributed by atoms with van der Waals surface area (Å²) in [7, 11) is 1.58. The first-order valence-corrected chi connectivity index (χ1v) is 4.22. The summed E-state index contributed by atoms with van der Waals surface area (Å²) in [6, 6.07) is 5.86. The highest BCUT2D eigenvalue weighted by Crippen LogP contribution is 2.18. The summed E-state index contributed by atoms with van der Waals surface area (Å²) >= 11 is 0. The summed E-state index contributed by atoms with van der Waals surface area (Å²) in [5.74, 6) is 0.583. The molecule has 0 aliphatic carbocycles. The van der Waals surface area contributed by atoms with Gasteiger partial charge in [-0.3, -0.25) is 0 Å². The molecule has 4 heteroatoms. The molecule has 0 unspecified atom stereocenters. The molecule has 0 atom stereocenters. The number of H-pyrrole nitrogens is 1. The van der Waals surface area contributed by atoms with Gasteiger partial charge < -0.3 is 9.72 Å². The molecule has 0 saturated carbocycles. The lowest BCUT2D eigenvalue weighted by atomic mass is 10.3. The number of pyridine rings is 1. The van der Waals surface area contributed by atoms with Crippen molar-refractivity contribution in [1.29, 1.82) is 5.26 Å². The SMILES string of the molecule is COc1cc2cc(CC#N)[nH]c2cn1. The molecule has 0 bridgehead atoms. The molecule has 0 radical (unpaired) electrons. The summed E-state index contributed by atoms with van der Waals surface area (Å²) in [5, 5.41) is 9.55. The fraction of sp³-hybridized carbons (Fsp3) is 0.200. The van der Waals surface area contributed by atoms with Crippen LogP contribution in [0.15, 0.2) is 18.3 Å². The maximum Gasteiger partial charge on any atom is 0.213 e. The van der Waals surface area contributed by atoms with Gasteiger partial charge in [0.15, 0.2) is 0 Å². The summed E-state index contributed by atoms with van der Waals surface area (Å²) in [4.78, 5) is 7.17. The molecular formula is C10H9N3O. The third-order valence-corrected chi connectivity index (χ3v) is 2.01. The van der Waals surface area contributed by atoms with Crippen LogP contribution >= 0.6 is 0 Å². The van der Waals surface area contributed by atoms with Crippen LogP contribution in [0.2, 0.25) is 0 Å². The minimum atomic E-state index is 0.386. The van der Waals surface area contributed by atoms with E-state index in [1.54, 1.807) is 13.3 Å². The minimum Gasteiger partial charge on any atom is -0.481 e. The van der Waals surface area contributed by atoms with Crippen LogP contribution in [0, 0.1) is 11.3 Å². The monoisotopic (exact) mass is 187 g/mol. The molecule has 4 nitrogen and oxygen atoms in total. The number of hydrogen-bond acceptors (Lipinski definition) is 3. The fourth-order valence-electron chi connectivity index (χ4n) is 1.36. The molecule has 70 valence electrons. The number of nitrogens with one attached hydrogen (secondary N) is 1. The van der Waals surface area contributed by atoms with Gasteiger partial charge in [0.1, 0.15) is 0 Å². The highest BCUT2D eigenvalue weighted by molar-refractivity contribution is 5.80. The van der Waals surface area contributed by atoms with Gasteiger partial charge in [-0.1, -0.05) is 0 Å². The Kier molecular flexibility index (Phi) is 2.07. The molecule has 2 aromatic rings. The van der Waals surface area contributed by atoms with E-state index in [9.17, 15) is 0 Å². The summed E-state index contributed by atoms with van der Waals surface area (Å²) in [5.41, 5.74) is 1.83. The standard InChI is InChI=1S/C10H9N3O/c1-14-10-5-7-4-8(2-3-11)13-9(7)6-12-10/h4-6,13H,2H2,1H3. The van der Waals surface area contributed by atoms with Crippen molar-refractivity contribution in [1.82, 2.24) is 9.97 Å². The lowest BCUT2D eigenvalue weighted by Crippen LogP contribution is -1.85. The zero-order chi connectivity index (χ0) is 9.97. The fourth-order valence-corrected chi connectivity index (χ4v) is 1.36. The Morgan fingerprint density at radius 2 is 2.43 bits per heavy atom. The summed E-state index contributed by atoms with van der Waals surface area (Å²) < 4.78 is 5.00. The van der Waals surface area contributed by atoms with E-state index in [0.29, 0.717) is 12.3 Å². The largest absolute Gasteiger partial charge is 0.481 e. The third kappa shape index (κ3) is 1.40. The lowest BCUT2D eigenvalue weighted by Gasteiger charge is -1.96. The number of ether oxygens (including phenoxy) is 1. The van der Waals surface area contributed by atoms with Crippen molar-refractivity contribution in [3.05, 3.63) is 24.0 Å². The van der Waals surface area contributed by atoms with Crippen molar-refractivity contribution in [2.24, 2.45) is 0 Å². The molecule has 2 heterocycles. The van der Waals surface area contributed by atoms with Gasteiger partial charge in [-0.25, -0.2) is 4.98 Å². The topological polar surface area (TPSA) is 61.7 Å². The maximum atomic E-state index is 8.54. The number of nitrogens with zero attached hydrogens (tertiary/aromatic N) is 2. The van der Waals surface area contributed by atoms with E-state index < -0.39 is 0 Å². The van der Waals surface area contributed by atoms with Gasteiger partial charge in [0.05, 0.1) is 31.3 Å². The normalized spacial score (nSPS) is 10.0. The Balaban J connectivity index is 2.50. The predicted octanol–water partition coefficient (Wildman–Crippen LogP) is 1.64. The van der Waals surface area contributed by atoms with Gasteiger partial charge in [0.25, 0.3) is 0 Å². The van der Waals surface area contributed by atoms with E-state index in [1.165, 1.54) is 0 Å². The molecular weight excluding hydrogens is 178 g/mol. The number of aromatic nitrogens is 2. The number of fused-ring (bicyclic) bond motifs is 1. The van der Waals surface area contributed by atoms with Gasteiger partial charge in [-0.2, -0.15) is 5.26 Å². The van der Waals surface area contributed by atoms with Crippen LogP contribution in [-0.4, -0.2) is 17.1 Å². The molecule has 0 spiro atoms. The predicted molar refractivity (Wildman–Crippen MR) is 52.0 cm³/mol. The quantitative estimate of drug-likeness (QED) is 0.777. The Bertz CT molecular complexity index is 496. The van der Waals surface area contributed by atoms with E-state index in [1.807, 2.05) is 12.1 Å². The van der Waals surface area contributed by atoms with Gasteiger partial charge in [-0.05, 0) is 6.07 Å². The Morgan fingerprint density at radius 3 is 3.14 bits per heavy atom. The van der Waals surface area contributed by atoms with E-state index in [2.05, 4.69) is 16.0 Å². The van der Waals surface area contributed by atoms with Gasteiger partial charge >= 0.3 is 0 Å². The maximum absolute atomic E-state index is 8.54. The van der Waals surface area contributed by atoms with Crippen LogP contribution in [-0.2, 0) is 6.42 Å². The van der Waals surface area contributed by atoms with Crippen molar-refractivity contribution >= 4 is 10.9 Å². The summed E-state index contributed by atoms with van der Waals surface area (Å²) in [6.07, 6.45) is 2.09. The first-order valence-electron chi connectivity index (χ1n) is 4.22. The highest BCUT2D eigenvalue weighted by atomic mass is 16.5. The zero-order valence-electron chi connectivity index (χ0n) is 7.74. The van der Waals surface area contributed by atoms with Crippen molar-refractivity contribution < 1.29 is 4.74 Å². The number of rotatable bonds is 2. The van der Waals surface area contributed by atoms with E-state index in [0.717, 1.165) is 16.6 Å². The second-order valence-corrected chi connectivity index (χ2v) is 2.94. The molecule has 0 aliphatic heterocycles. The number of aromatic amines is 1. The Hall–Kier alpha value is -2.02. The van der Waals surface area contributed by atoms with Crippen molar-refractivity contribution in [2.45, 2.75) is 6.42 Å². The first kappa shape index (κ1) is 8.57. The van der Waals surface area contributed by atoms with Crippen LogP contribution in [0.25, 0.3) is 10.9 Å². The first-order chi connectivity index (χ1) is 6.83. The second kappa shape index (κ2) is 3.38. The molecule has 2 aromatic heterocycles. The average Bonchev–Trinajstić information content (AvgIpc) is 2.59. The van der Waals surface area contributed by atoms with E-state index in [4.69, 9.17) is 10.00 Å². The molecule has 0 amide bonds. The highest BCUT2D eigenvalue weighted by Gasteiger charge is 2.02. The summed E-state index contributed by atoms with van der Waals surface area (Å²) in [6.45, 7) is 0. The van der Waals surface area contributed by atoms with Crippen LogP contribution in [0.1, 0.15) is 5.69 Å². The van der Waals surface area contributed by atoms with Crippen LogP contribution < -0.4 is 4.74 Å². The molecule has 0 aromatic carbocycles. The number of hydrogen-bond donors (Lipinski definition) is 1. The molecule has 0 fully saturated rings. The molecule has 1 N–H and O–H groups in total. The molecule has 0 saturated heterocycles. The number of nitriles is 1. The van der Waals surface area contributed by atoms with Crippen molar-refractivity contribution in [3.63, 3.8) is 0 Å². The lowest BCUT2D eigenvalue weighted by molar-refractivity contribution is 0.399. The van der Waals surface area contributed by atoms with Crippen molar-refractivity contribution in [2.75, 3.05) is 7.11 Å². The molecule has 0 aliphatic rings. The average molecular weight is 187 g/mol. The van der Waals surface area contributed by atoms with Crippen LogP contribution in [0.5, 0.6) is 5.88 Å². The van der Waals surface area contributed by atoms with Crippen molar-refractivity contribution in [3.8, 4) is 11.9 Å². The Morgan fingerprint density at radius 1 is 1.57 bits per heavy atom. The minimum absolute atomic E-state index is 0.386. The third-order valence-electron chi connectivity index (χ3n) is 2.01. The smallest absolute Gasteiger partial charge is 0.213 e. The Labute approximate surface area is 81.1 Å².